The summed E-state index contributed by atoms with van der Waals surface area (Å²) in [4.78, 5) is 23.6. The molecule has 0 fully saturated rings. The van der Waals surface area contributed by atoms with Gasteiger partial charge in [0.25, 0.3) is 0 Å². The Morgan fingerprint density at radius 3 is 2.45 bits per heavy atom. The second kappa shape index (κ2) is 6.42. The van der Waals surface area contributed by atoms with Crippen molar-refractivity contribution < 1.29 is 14.6 Å². The molecule has 0 atom stereocenters. The van der Waals surface area contributed by atoms with E-state index in [9.17, 15) is 14.7 Å². The van der Waals surface area contributed by atoms with Crippen molar-refractivity contribution in [2.24, 2.45) is 0 Å². The van der Waals surface area contributed by atoms with Crippen molar-refractivity contribution in [1.29, 1.82) is 0 Å². The van der Waals surface area contributed by atoms with Crippen LogP contribution in [0.2, 0.25) is 10.0 Å². The number of hydrogen-bond donors (Lipinski definition) is 1. The summed E-state index contributed by atoms with van der Waals surface area (Å²) in [7, 11) is 1.42. The third-order valence-corrected chi connectivity index (χ3v) is 3.95. The van der Waals surface area contributed by atoms with Crippen molar-refractivity contribution in [1.82, 2.24) is 4.57 Å². The van der Waals surface area contributed by atoms with Gasteiger partial charge in [0.2, 0.25) is 5.43 Å². The number of halogens is 2. The van der Waals surface area contributed by atoms with Gasteiger partial charge in [0, 0.05) is 18.2 Å². The molecule has 1 N–H and O–H groups in total. The smallest absolute Gasteiger partial charge is 0.341 e. The summed E-state index contributed by atoms with van der Waals surface area (Å²) in [5, 5.41) is 10.0. The van der Waals surface area contributed by atoms with Crippen LogP contribution in [0, 0.1) is 0 Å². The predicted molar refractivity (Wildman–Crippen MR) is 85.3 cm³/mol. The summed E-state index contributed by atoms with van der Waals surface area (Å²) >= 11 is 11.9. The lowest BCUT2D eigenvalue weighted by atomic mass is 10.0. The van der Waals surface area contributed by atoms with Crippen molar-refractivity contribution in [3.8, 4) is 17.1 Å². The first kappa shape index (κ1) is 16.4. The van der Waals surface area contributed by atoms with Gasteiger partial charge in [-0.25, -0.2) is 4.79 Å². The highest BCUT2D eigenvalue weighted by atomic mass is 35.5. The lowest BCUT2D eigenvalue weighted by Crippen LogP contribution is -2.21. The van der Waals surface area contributed by atoms with Gasteiger partial charge in [-0.05, 0) is 19.1 Å². The van der Waals surface area contributed by atoms with Gasteiger partial charge in [0.1, 0.15) is 5.56 Å². The number of nitrogens with zero attached hydrogens (tertiary/aromatic N) is 1. The number of hydrogen-bond acceptors (Lipinski definition) is 3. The largest absolute Gasteiger partial charge is 0.482 e. The fourth-order valence-corrected chi connectivity index (χ4v) is 2.56. The Labute approximate surface area is 136 Å². The van der Waals surface area contributed by atoms with Gasteiger partial charge >= 0.3 is 5.97 Å². The van der Waals surface area contributed by atoms with E-state index >= 15 is 0 Å². The minimum absolute atomic E-state index is 0.234. The van der Waals surface area contributed by atoms with Crippen LogP contribution in [-0.2, 0) is 6.54 Å². The molecule has 2 rings (SSSR count). The second-order valence-electron chi connectivity index (χ2n) is 4.45. The van der Waals surface area contributed by atoms with Gasteiger partial charge in [0.15, 0.2) is 5.88 Å². The van der Waals surface area contributed by atoms with Crippen molar-refractivity contribution >= 4 is 29.2 Å². The fraction of sp³-hybridized carbons (Fsp3) is 0.200. The monoisotopic (exact) mass is 341 g/mol. The van der Waals surface area contributed by atoms with E-state index in [1.165, 1.54) is 13.2 Å². The Balaban J connectivity index is 2.92. The third kappa shape index (κ3) is 2.82. The zero-order valence-corrected chi connectivity index (χ0v) is 13.4. The van der Waals surface area contributed by atoms with Crippen LogP contribution in [0.4, 0.5) is 0 Å². The molecule has 0 aliphatic rings. The van der Waals surface area contributed by atoms with E-state index in [4.69, 9.17) is 27.9 Å². The SMILES string of the molecule is CCn1c(OC)cc(=O)c(C(=O)O)c1-c1ccc(Cl)c(Cl)c1. The van der Waals surface area contributed by atoms with Gasteiger partial charge in [-0.1, -0.05) is 29.3 Å². The van der Waals surface area contributed by atoms with Crippen LogP contribution in [-0.4, -0.2) is 22.8 Å². The van der Waals surface area contributed by atoms with Gasteiger partial charge in [0.05, 0.1) is 22.8 Å². The first-order valence-corrected chi connectivity index (χ1v) is 7.16. The standard InChI is InChI=1S/C15H13Cl2NO4/c1-3-18-12(22-2)7-11(19)13(15(20)21)14(18)8-4-5-9(16)10(17)6-8/h4-7H,3H2,1-2H3,(H,20,21). The summed E-state index contributed by atoms with van der Waals surface area (Å²) in [6.45, 7) is 2.24. The van der Waals surface area contributed by atoms with E-state index < -0.39 is 11.4 Å². The number of pyridine rings is 1. The van der Waals surface area contributed by atoms with E-state index in [0.29, 0.717) is 17.1 Å². The number of methoxy groups -OCH3 is 1. The summed E-state index contributed by atoms with van der Waals surface area (Å²) in [5.41, 5.74) is -0.251. The first-order valence-electron chi connectivity index (χ1n) is 6.41. The Kier molecular flexibility index (Phi) is 4.78. The molecule has 2 aromatic rings. The minimum Gasteiger partial charge on any atom is -0.482 e. The molecule has 0 amide bonds. The van der Waals surface area contributed by atoms with Crippen LogP contribution in [0.5, 0.6) is 5.88 Å². The zero-order valence-electron chi connectivity index (χ0n) is 11.9. The molecule has 0 radical (unpaired) electrons. The molecule has 116 valence electrons. The number of aromatic carboxylic acids is 1. The lowest BCUT2D eigenvalue weighted by molar-refractivity contribution is 0.0695. The van der Waals surface area contributed by atoms with Crippen molar-refractivity contribution in [3.63, 3.8) is 0 Å². The minimum atomic E-state index is -1.31. The van der Waals surface area contributed by atoms with Crippen LogP contribution in [0.25, 0.3) is 11.3 Å². The van der Waals surface area contributed by atoms with Gasteiger partial charge in [-0.3, -0.25) is 4.79 Å². The average Bonchev–Trinajstić information content (AvgIpc) is 2.48. The molecule has 0 saturated carbocycles. The Bertz CT molecular complexity index is 799. The van der Waals surface area contributed by atoms with Crippen LogP contribution in [0.1, 0.15) is 17.3 Å². The molecular formula is C15H13Cl2NO4. The second-order valence-corrected chi connectivity index (χ2v) is 5.27. The number of carboxylic acids is 1. The first-order chi connectivity index (χ1) is 10.4. The van der Waals surface area contributed by atoms with Crippen molar-refractivity contribution in [2.75, 3.05) is 7.11 Å². The van der Waals surface area contributed by atoms with E-state index in [2.05, 4.69) is 0 Å². The van der Waals surface area contributed by atoms with Gasteiger partial charge < -0.3 is 14.4 Å². The van der Waals surface area contributed by atoms with Crippen molar-refractivity contribution in [3.05, 3.63) is 50.1 Å². The topological polar surface area (TPSA) is 68.5 Å². The molecule has 0 aliphatic carbocycles. The fourth-order valence-electron chi connectivity index (χ4n) is 2.26. The quantitative estimate of drug-likeness (QED) is 0.923. The highest BCUT2D eigenvalue weighted by Crippen LogP contribution is 2.31. The molecule has 0 spiro atoms. The Morgan fingerprint density at radius 2 is 1.95 bits per heavy atom. The summed E-state index contributed by atoms with van der Waals surface area (Å²) in [5.74, 6) is -1.03. The zero-order chi connectivity index (χ0) is 16.4. The summed E-state index contributed by atoms with van der Waals surface area (Å²) in [6.07, 6.45) is 0. The third-order valence-electron chi connectivity index (χ3n) is 3.21. The summed E-state index contributed by atoms with van der Waals surface area (Å²) < 4.78 is 6.78. The van der Waals surface area contributed by atoms with E-state index in [1.807, 2.05) is 6.92 Å². The Hall–Kier alpha value is -1.98. The van der Waals surface area contributed by atoms with E-state index in [-0.39, 0.29) is 22.2 Å². The molecule has 0 bridgehead atoms. The maximum atomic E-state index is 12.1. The van der Waals surface area contributed by atoms with E-state index in [0.717, 1.165) is 6.07 Å². The number of benzene rings is 1. The maximum absolute atomic E-state index is 12.1. The normalized spacial score (nSPS) is 10.5. The molecular weight excluding hydrogens is 329 g/mol. The van der Waals surface area contributed by atoms with Crippen LogP contribution in [0.15, 0.2) is 29.1 Å². The number of carbonyl (C=O) groups is 1. The molecule has 1 aromatic heterocycles. The maximum Gasteiger partial charge on any atom is 0.341 e. The molecule has 1 heterocycles. The average molecular weight is 342 g/mol. The lowest BCUT2D eigenvalue weighted by Gasteiger charge is -2.18. The highest BCUT2D eigenvalue weighted by molar-refractivity contribution is 6.42. The van der Waals surface area contributed by atoms with Crippen molar-refractivity contribution in [2.45, 2.75) is 13.5 Å². The molecule has 7 heteroatoms. The number of ether oxygens (including phenoxy) is 1. The summed E-state index contributed by atoms with van der Waals surface area (Å²) in [6, 6.07) is 5.85. The van der Waals surface area contributed by atoms with Gasteiger partial charge in [-0.15, -0.1) is 0 Å². The van der Waals surface area contributed by atoms with Gasteiger partial charge in [-0.2, -0.15) is 0 Å². The Morgan fingerprint density at radius 1 is 1.27 bits per heavy atom. The van der Waals surface area contributed by atoms with Crippen LogP contribution >= 0.6 is 23.2 Å². The van der Waals surface area contributed by atoms with Crippen LogP contribution < -0.4 is 10.2 Å². The predicted octanol–water partition coefficient (Wildman–Crippen LogP) is 3.55. The number of carboxylic acid groups (broad SMARTS) is 1. The van der Waals surface area contributed by atoms with E-state index in [1.54, 1.807) is 16.7 Å². The molecule has 5 nitrogen and oxygen atoms in total. The number of rotatable bonds is 4. The number of aromatic nitrogens is 1. The molecule has 0 aliphatic heterocycles. The van der Waals surface area contributed by atoms with Crippen LogP contribution in [0.3, 0.4) is 0 Å². The highest BCUT2D eigenvalue weighted by Gasteiger charge is 2.22. The molecule has 0 saturated heterocycles. The molecule has 22 heavy (non-hydrogen) atoms. The molecule has 0 unspecified atom stereocenters. The molecule has 1 aromatic carbocycles.